The maximum atomic E-state index is 12.5. The number of fused-ring (bicyclic) bond motifs is 2. The van der Waals surface area contributed by atoms with Gasteiger partial charge in [0.05, 0.1) is 11.4 Å². The van der Waals surface area contributed by atoms with Crippen LogP contribution in [0.5, 0.6) is 0 Å². The van der Waals surface area contributed by atoms with Crippen molar-refractivity contribution in [3.63, 3.8) is 0 Å². The zero-order chi connectivity index (χ0) is 13.7. The Labute approximate surface area is 119 Å². The molecule has 4 rings (SSSR count). The van der Waals surface area contributed by atoms with Crippen molar-refractivity contribution in [2.75, 3.05) is 0 Å². The second kappa shape index (κ2) is 4.21. The van der Waals surface area contributed by atoms with Crippen LogP contribution in [0.2, 0.25) is 0 Å². The molecule has 3 heterocycles. The first-order chi connectivity index (χ1) is 9.74. The lowest BCUT2D eigenvalue weighted by Gasteiger charge is -2.06. The molecule has 100 valence electrons. The lowest BCUT2D eigenvalue weighted by atomic mass is 10.1. The van der Waals surface area contributed by atoms with Crippen LogP contribution < -0.4 is 5.56 Å². The molecule has 1 aromatic carbocycles. The maximum absolute atomic E-state index is 12.5. The fourth-order valence-corrected chi connectivity index (χ4v) is 3.72. The minimum absolute atomic E-state index is 0.00373. The molecule has 0 radical (unpaired) electrons. The number of hydrogen-bond acceptors (Lipinski definition) is 4. The monoisotopic (exact) mass is 284 g/mol. The predicted octanol–water partition coefficient (Wildman–Crippen LogP) is 1.98. The maximum Gasteiger partial charge on any atom is 0.265 e. The number of aromatic nitrogens is 4. The Bertz CT molecular complexity index is 853. The van der Waals surface area contributed by atoms with Crippen LogP contribution in [0, 0.1) is 0 Å². The van der Waals surface area contributed by atoms with Gasteiger partial charge in [0.2, 0.25) is 0 Å². The molecular weight excluding hydrogens is 272 g/mol. The van der Waals surface area contributed by atoms with Crippen LogP contribution in [0.15, 0.2) is 46.5 Å². The first kappa shape index (κ1) is 11.7. The molecule has 0 saturated heterocycles. The van der Waals surface area contributed by atoms with Crippen LogP contribution in [-0.4, -0.2) is 19.3 Å². The van der Waals surface area contributed by atoms with Gasteiger partial charge in [0.1, 0.15) is 5.39 Å². The Hall–Kier alpha value is -2.08. The summed E-state index contributed by atoms with van der Waals surface area (Å²) in [7, 11) is 1.81. The lowest BCUT2D eigenvalue weighted by Crippen LogP contribution is -2.20. The van der Waals surface area contributed by atoms with Gasteiger partial charge in [-0.2, -0.15) is 5.10 Å². The standard InChI is InChI=1S/C14H12N4OS/c1-17-12-10(7-15-17)13(19)18-8-11(20-14(18)16-12)9-5-3-2-4-6-9/h2-7,11H,8H2,1H3. The molecule has 6 heteroatoms. The summed E-state index contributed by atoms with van der Waals surface area (Å²) in [6.07, 6.45) is 1.60. The second-order valence-corrected chi connectivity index (χ2v) is 6.00. The molecule has 0 saturated carbocycles. The van der Waals surface area contributed by atoms with Crippen molar-refractivity contribution in [2.24, 2.45) is 7.05 Å². The summed E-state index contributed by atoms with van der Waals surface area (Å²) in [5, 5.41) is 5.72. The van der Waals surface area contributed by atoms with E-state index in [0.29, 0.717) is 17.6 Å². The zero-order valence-corrected chi connectivity index (χ0v) is 11.7. The van der Waals surface area contributed by atoms with E-state index in [1.54, 1.807) is 34.3 Å². The predicted molar refractivity (Wildman–Crippen MR) is 77.8 cm³/mol. The highest BCUT2D eigenvalue weighted by Crippen LogP contribution is 2.40. The molecule has 1 aliphatic rings. The summed E-state index contributed by atoms with van der Waals surface area (Å²) in [6, 6.07) is 10.2. The molecule has 20 heavy (non-hydrogen) atoms. The van der Waals surface area contributed by atoms with E-state index in [1.165, 1.54) is 5.56 Å². The SMILES string of the molecule is Cn1ncc2c(=O)n3c(nc21)SC(c1ccccc1)C3. The van der Waals surface area contributed by atoms with Gasteiger partial charge in [0, 0.05) is 13.6 Å². The number of benzene rings is 1. The number of rotatable bonds is 1. The topological polar surface area (TPSA) is 52.7 Å². The molecule has 0 spiro atoms. The van der Waals surface area contributed by atoms with E-state index < -0.39 is 0 Å². The molecule has 5 nitrogen and oxygen atoms in total. The summed E-state index contributed by atoms with van der Waals surface area (Å²) in [4.78, 5) is 17.0. The van der Waals surface area contributed by atoms with Crippen LogP contribution >= 0.6 is 11.8 Å². The highest BCUT2D eigenvalue weighted by atomic mass is 32.2. The number of aryl methyl sites for hydroxylation is 1. The smallest absolute Gasteiger partial charge is 0.265 e. The minimum Gasteiger partial charge on any atom is -0.285 e. The largest absolute Gasteiger partial charge is 0.285 e. The van der Waals surface area contributed by atoms with Gasteiger partial charge in [-0.15, -0.1) is 0 Å². The molecule has 0 bridgehead atoms. The average molecular weight is 284 g/mol. The minimum atomic E-state index is 0.00373. The van der Waals surface area contributed by atoms with Crippen LogP contribution in [0.4, 0.5) is 0 Å². The van der Waals surface area contributed by atoms with Crippen molar-refractivity contribution >= 4 is 22.8 Å². The average Bonchev–Trinajstić information content (AvgIpc) is 3.06. The van der Waals surface area contributed by atoms with E-state index in [0.717, 1.165) is 5.16 Å². The van der Waals surface area contributed by atoms with E-state index in [-0.39, 0.29) is 10.8 Å². The Morgan fingerprint density at radius 2 is 2.10 bits per heavy atom. The van der Waals surface area contributed by atoms with Gasteiger partial charge in [0.25, 0.3) is 5.56 Å². The fourth-order valence-electron chi connectivity index (χ4n) is 2.52. The van der Waals surface area contributed by atoms with Crippen molar-refractivity contribution < 1.29 is 0 Å². The van der Waals surface area contributed by atoms with Gasteiger partial charge in [-0.3, -0.25) is 14.0 Å². The van der Waals surface area contributed by atoms with Crippen LogP contribution in [-0.2, 0) is 13.6 Å². The molecular formula is C14H12N4OS. The Morgan fingerprint density at radius 3 is 2.90 bits per heavy atom. The highest BCUT2D eigenvalue weighted by Gasteiger charge is 2.27. The molecule has 2 aromatic heterocycles. The van der Waals surface area contributed by atoms with Gasteiger partial charge in [-0.05, 0) is 5.56 Å². The molecule has 3 aromatic rings. The van der Waals surface area contributed by atoms with Crippen molar-refractivity contribution in [1.29, 1.82) is 0 Å². The van der Waals surface area contributed by atoms with Crippen LogP contribution in [0.3, 0.4) is 0 Å². The van der Waals surface area contributed by atoms with E-state index in [1.807, 2.05) is 18.2 Å². The summed E-state index contributed by atoms with van der Waals surface area (Å²) < 4.78 is 3.40. The normalized spacial score (nSPS) is 17.6. The van der Waals surface area contributed by atoms with Gasteiger partial charge in [0.15, 0.2) is 10.8 Å². The number of hydrogen-bond donors (Lipinski definition) is 0. The molecule has 0 N–H and O–H groups in total. The molecule has 0 fully saturated rings. The Kier molecular flexibility index (Phi) is 2.47. The molecule has 1 unspecified atom stereocenters. The van der Waals surface area contributed by atoms with Crippen molar-refractivity contribution in [2.45, 2.75) is 17.0 Å². The number of thioether (sulfide) groups is 1. The summed E-state index contributed by atoms with van der Waals surface area (Å²) in [5.41, 5.74) is 1.89. The highest BCUT2D eigenvalue weighted by molar-refractivity contribution is 7.99. The van der Waals surface area contributed by atoms with E-state index in [4.69, 9.17) is 0 Å². The van der Waals surface area contributed by atoms with Gasteiger partial charge in [-0.1, -0.05) is 42.1 Å². The molecule has 1 atom stereocenters. The van der Waals surface area contributed by atoms with Crippen molar-refractivity contribution in [3.05, 3.63) is 52.4 Å². The van der Waals surface area contributed by atoms with E-state index in [9.17, 15) is 4.79 Å². The zero-order valence-electron chi connectivity index (χ0n) is 10.9. The first-order valence-corrected chi connectivity index (χ1v) is 7.26. The van der Waals surface area contributed by atoms with Gasteiger partial charge >= 0.3 is 0 Å². The lowest BCUT2D eigenvalue weighted by molar-refractivity contribution is 0.620. The van der Waals surface area contributed by atoms with Crippen LogP contribution in [0.1, 0.15) is 10.8 Å². The Morgan fingerprint density at radius 1 is 1.30 bits per heavy atom. The van der Waals surface area contributed by atoms with Crippen molar-refractivity contribution in [1.82, 2.24) is 19.3 Å². The summed E-state index contributed by atoms with van der Waals surface area (Å²) in [5.74, 6) is 0. The van der Waals surface area contributed by atoms with Gasteiger partial charge < -0.3 is 0 Å². The third-order valence-electron chi connectivity index (χ3n) is 3.58. The quantitative estimate of drug-likeness (QED) is 0.641. The second-order valence-electron chi connectivity index (χ2n) is 4.83. The Balaban J connectivity index is 1.84. The van der Waals surface area contributed by atoms with Crippen molar-refractivity contribution in [3.8, 4) is 0 Å². The summed E-state index contributed by atoms with van der Waals surface area (Å²) >= 11 is 1.64. The van der Waals surface area contributed by atoms with E-state index >= 15 is 0 Å². The van der Waals surface area contributed by atoms with E-state index in [2.05, 4.69) is 22.2 Å². The molecule has 0 amide bonds. The number of nitrogens with zero attached hydrogens (tertiary/aromatic N) is 4. The third-order valence-corrected chi connectivity index (χ3v) is 4.81. The van der Waals surface area contributed by atoms with Crippen LogP contribution in [0.25, 0.3) is 11.0 Å². The molecule has 0 aliphatic carbocycles. The first-order valence-electron chi connectivity index (χ1n) is 6.38. The molecule has 1 aliphatic heterocycles. The van der Waals surface area contributed by atoms with Gasteiger partial charge in [-0.25, -0.2) is 4.98 Å². The fraction of sp³-hybridized carbons (Fsp3) is 0.214. The third kappa shape index (κ3) is 1.61. The summed E-state index contributed by atoms with van der Waals surface area (Å²) in [6.45, 7) is 0.667.